The largest absolute Gasteiger partial charge is 0.381 e. The molecule has 0 saturated carbocycles. The third-order valence-electron chi connectivity index (χ3n) is 1.43. The number of hydrogen-bond donors (Lipinski definition) is 1. The molecule has 1 N–H and O–H groups in total. The SMILES string of the molecule is Cl/C=C/CNc1ccc(Br)c(Cl)c1. The van der Waals surface area contributed by atoms with Crippen LogP contribution < -0.4 is 5.32 Å². The van der Waals surface area contributed by atoms with Crippen LogP contribution in [0.5, 0.6) is 0 Å². The van der Waals surface area contributed by atoms with Crippen LogP contribution in [0.4, 0.5) is 5.69 Å². The van der Waals surface area contributed by atoms with E-state index in [1.807, 2.05) is 24.3 Å². The highest BCUT2D eigenvalue weighted by Gasteiger charge is 1.96. The summed E-state index contributed by atoms with van der Waals surface area (Å²) in [7, 11) is 0. The first kappa shape index (κ1) is 10.9. The van der Waals surface area contributed by atoms with Gasteiger partial charge in [-0.2, -0.15) is 0 Å². The molecule has 0 fully saturated rings. The van der Waals surface area contributed by atoms with Crippen molar-refractivity contribution in [1.29, 1.82) is 0 Å². The fourth-order valence-corrected chi connectivity index (χ4v) is 1.34. The van der Waals surface area contributed by atoms with Gasteiger partial charge in [-0.05, 0) is 34.1 Å². The number of benzene rings is 1. The monoisotopic (exact) mass is 279 g/mol. The summed E-state index contributed by atoms with van der Waals surface area (Å²) in [5.74, 6) is 0. The number of halogens is 3. The second-order valence-corrected chi connectivity index (χ2v) is 3.88. The van der Waals surface area contributed by atoms with Gasteiger partial charge in [-0.3, -0.25) is 0 Å². The van der Waals surface area contributed by atoms with Crippen LogP contribution in [0.15, 0.2) is 34.3 Å². The highest BCUT2D eigenvalue weighted by atomic mass is 79.9. The molecule has 0 radical (unpaired) electrons. The molecule has 1 aromatic rings. The van der Waals surface area contributed by atoms with Gasteiger partial charge in [-0.1, -0.05) is 29.3 Å². The fourth-order valence-electron chi connectivity index (χ4n) is 0.827. The quantitative estimate of drug-likeness (QED) is 0.872. The molecule has 0 saturated heterocycles. The lowest BCUT2D eigenvalue weighted by Gasteiger charge is -2.04. The molecule has 13 heavy (non-hydrogen) atoms. The molecule has 0 heterocycles. The fraction of sp³-hybridized carbons (Fsp3) is 0.111. The van der Waals surface area contributed by atoms with Crippen molar-refractivity contribution in [3.05, 3.63) is 39.3 Å². The molecular formula is C9H8BrCl2N. The van der Waals surface area contributed by atoms with Gasteiger partial charge in [0.1, 0.15) is 0 Å². The van der Waals surface area contributed by atoms with E-state index in [9.17, 15) is 0 Å². The first-order chi connectivity index (χ1) is 6.24. The van der Waals surface area contributed by atoms with Crippen LogP contribution in [0.25, 0.3) is 0 Å². The van der Waals surface area contributed by atoms with Gasteiger partial charge in [0.15, 0.2) is 0 Å². The minimum Gasteiger partial charge on any atom is -0.381 e. The Morgan fingerprint density at radius 2 is 2.23 bits per heavy atom. The van der Waals surface area contributed by atoms with Crippen molar-refractivity contribution in [3.8, 4) is 0 Å². The molecule has 0 aliphatic carbocycles. The Bertz CT molecular complexity index is 312. The van der Waals surface area contributed by atoms with E-state index in [1.54, 1.807) is 0 Å². The van der Waals surface area contributed by atoms with E-state index in [-0.39, 0.29) is 0 Å². The lowest BCUT2D eigenvalue weighted by Crippen LogP contribution is -1.97. The molecule has 0 amide bonds. The molecule has 1 nitrogen and oxygen atoms in total. The van der Waals surface area contributed by atoms with Gasteiger partial charge in [0.2, 0.25) is 0 Å². The van der Waals surface area contributed by atoms with Crippen LogP contribution in [0, 0.1) is 0 Å². The first-order valence-corrected chi connectivity index (χ1v) is 5.29. The average Bonchev–Trinajstić information content (AvgIpc) is 2.12. The van der Waals surface area contributed by atoms with Gasteiger partial charge >= 0.3 is 0 Å². The lowest BCUT2D eigenvalue weighted by atomic mass is 10.3. The van der Waals surface area contributed by atoms with Gasteiger partial charge in [0.05, 0.1) is 5.02 Å². The predicted molar refractivity (Wildman–Crippen MR) is 62.6 cm³/mol. The Hall–Kier alpha value is -0.180. The summed E-state index contributed by atoms with van der Waals surface area (Å²) in [5, 5.41) is 3.83. The molecule has 4 heteroatoms. The molecule has 0 aliphatic rings. The molecule has 70 valence electrons. The van der Waals surface area contributed by atoms with Crippen molar-refractivity contribution in [2.24, 2.45) is 0 Å². The van der Waals surface area contributed by atoms with Crippen LogP contribution in [0.2, 0.25) is 5.02 Å². The molecule has 0 atom stereocenters. The summed E-state index contributed by atoms with van der Waals surface area (Å²) in [4.78, 5) is 0. The third-order valence-corrected chi connectivity index (χ3v) is 2.84. The summed E-state index contributed by atoms with van der Waals surface area (Å²) in [6.07, 6.45) is 1.82. The normalized spacial score (nSPS) is 10.7. The van der Waals surface area contributed by atoms with Crippen molar-refractivity contribution in [1.82, 2.24) is 0 Å². The zero-order valence-electron chi connectivity index (χ0n) is 6.73. The van der Waals surface area contributed by atoms with Crippen LogP contribution in [-0.4, -0.2) is 6.54 Å². The minimum absolute atomic E-state index is 0.694. The Morgan fingerprint density at radius 1 is 1.46 bits per heavy atom. The Kier molecular flexibility index (Phi) is 4.64. The predicted octanol–water partition coefficient (Wildman–Crippen LogP) is 4.27. The van der Waals surface area contributed by atoms with Crippen molar-refractivity contribution in [2.75, 3.05) is 11.9 Å². The zero-order chi connectivity index (χ0) is 9.68. The van der Waals surface area contributed by atoms with E-state index in [2.05, 4.69) is 21.2 Å². The summed E-state index contributed by atoms with van der Waals surface area (Å²) in [6.45, 7) is 0.696. The van der Waals surface area contributed by atoms with E-state index in [0.29, 0.717) is 11.6 Å². The maximum Gasteiger partial charge on any atom is 0.0568 e. The molecular weight excluding hydrogens is 273 g/mol. The van der Waals surface area contributed by atoms with Crippen LogP contribution in [-0.2, 0) is 0 Å². The van der Waals surface area contributed by atoms with Gasteiger partial charge in [0.25, 0.3) is 0 Å². The molecule has 0 unspecified atom stereocenters. The molecule has 0 aromatic heterocycles. The molecule has 1 rings (SSSR count). The van der Waals surface area contributed by atoms with E-state index in [1.165, 1.54) is 5.54 Å². The summed E-state index contributed by atoms with van der Waals surface area (Å²) >= 11 is 14.6. The number of nitrogens with one attached hydrogen (secondary N) is 1. The highest BCUT2D eigenvalue weighted by Crippen LogP contribution is 2.25. The maximum atomic E-state index is 5.90. The van der Waals surface area contributed by atoms with Crippen LogP contribution >= 0.6 is 39.1 Å². The molecule has 0 bridgehead atoms. The Balaban J connectivity index is 2.63. The summed E-state index contributed by atoms with van der Waals surface area (Å²) in [5.41, 5.74) is 2.45. The second kappa shape index (κ2) is 5.53. The average molecular weight is 281 g/mol. The van der Waals surface area contributed by atoms with Gasteiger partial charge in [0, 0.05) is 22.2 Å². The zero-order valence-corrected chi connectivity index (χ0v) is 9.83. The van der Waals surface area contributed by atoms with Gasteiger partial charge in [-0.15, -0.1) is 0 Å². The second-order valence-electron chi connectivity index (χ2n) is 2.37. The standard InChI is InChI=1S/C9H8BrCl2N/c10-8-3-2-7(6-9(8)12)13-5-1-4-11/h1-4,6,13H,5H2/b4-1+. The Morgan fingerprint density at radius 3 is 2.85 bits per heavy atom. The topological polar surface area (TPSA) is 12.0 Å². The highest BCUT2D eigenvalue weighted by molar-refractivity contribution is 9.10. The van der Waals surface area contributed by atoms with Crippen molar-refractivity contribution in [2.45, 2.75) is 0 Å². The number of anilines is 1. The molecule has 0 aliphatic heterocycles. The lowest BCUT2D eigenvalue weighted by molar-refractivity contribution is 1.34. The molecule has 0 spiro atoms. The summed E-state index contributed by atoms with van der Waals surface area (Å²) < 4.78 is 0.896. The van der Waals surface area contributed by atoms with Crippen LogP contribution in [0.1, 0.15) is 0 Å². The van der Waals surface area contributed by atoms with E-state index < -0.39 is 0 Å². The Labute approximate surface area is 95.9 Å². The van der Waals surface area contributed by atoms with E-state index in [4.69, 9.17) is 23.2 Å². The number of hydrogen-bond acceptors (Lipinski definition) is 1. The first-order valence-electron chi connectivity index (χ1n) is 3.68. The van der Waals surface area contributed by atoms with Crippen molar-refractivity contribution >= 4 is 44.8 Å². The minimum atomic E-state index is 0.694. The number of rotatable bonds is 3. The maximum absolute atomic E-state index is 5.90. The smallest absolute Gasteiger partial charge is 0.0568 e. The summed E-state index contributed by atoms with van der Waals surface area (Å²) in [6, 6.07) is 5.70. The molecule has 1 aromatic carbocycles. The van der Waals surface area contributed by atoms with E-state index in [0.717, 1.165) is 10.2 Å². The van der Waals surface area contributed by atoms with Gasteiger partial charge < -0.3 is 5.32 Å². The van der Waals surface area contributed by atoms with Gasteiger partial charge in [-0.25, -0.2) is 0 Å². The van der Waals surface area contributed by atoms with Crippen molar-refractivity contribution in [3.63, 3.8) is 0 Å². The third kappa shape index (κ3) is 3.59. The van der Waals surface area contributed by atoms with E-state index >= 15 is 0 Å². The van der Waals surface area contributed by atoms with Crippen molar-refractivity contribution < 1.29 is 0 Å². The van der Waals surface area contributed by atoms with Crippen LogP contribution in [0.3, 0.4) is 0 Å².